The van der Waals surface area contributed by atoms with Crippen molar-refractivity contribution in [2.24, 2.45) is 0 Å². The highest BCUT2D eigenvalue weighted by Gasteiger charge is 2.11. The monoisotopic (exact) mass is 396 g/mol. The summed E-state index contributed by atoms with van der Waals surface area (Å²) in [6.45, 7) is 3.83. The second-order valence-electron chi connectivity index (χ2n) is 6.75. The highest BCUT2D eigenvalue weighted by atomic mass is 19.1. The number of halogens is 1. The van der Waals surface area contributed by atoms with Crippen molar-refractivity contribution in [3.8, 4) is 11.4 Å². The molecule has 0 atom stereocenters. The minimum absolute atomic E-state index is 0.166. The van der Waals surface area contributed by atoms with Gasteiger partial charge in [-0.2, -0.15) is 4.80 Å². The molecule has 0 radical (unpaired) electrons. The topological polar surface area (TPSA) is 102 Å². The van der Waals surface area contributed by atoms with Crippen LogP contribution in [-0.4, -0.2) is 38.6 Å². The zero-order chi connectivity index (χ0) is 20.8. The van der Waals surface area contributed by atoms with Crippen LogP contribution in [0.4, 0.5) is 10.1 Å². The average molecular weight is 396 g/mol. The summed E-state index contributed by atoms with van der Waals surface area (Å²) < 4.78 is 12.9. The lowest BCUT2D eigenvalue weighted by molar-refractivity contribution is -0.124. The second-order valence-corrected chi connectivity index (χ2v) is 6.75. The zero-order valence-electron chi connectivity index (χ0n) is 16.1. The van der Waals surface area contributed by atoms with Gasteiger partial charge in [0, 0.05) is 11.3 Å². The first kappa shape index (κ1) is 20.1. The van der Waals surface area contributed by atoms with Gasteiger partial charge in [-0.1, -0.05) is 38.1 Å². The molecule has 0 saturated carbocycles. The van der Waals surface area contributed by atoms with Gasteiger partial charge in [-0.25, -0.2) is 4.39 Å². The normalized spacial score (nSPS) is 10.8. The van der Waals surface area contributed by atoms with Gasteiger partial charge in [0.15, 0.2) is 0 Å². The highest BCUT2D eigenvalue weighted by molar-refractivity contribution is 5.94. The Balaban J connectivity index is 1.49. The quantitative estimate of drug-likeness (QED) is 0.638. The fourth-order valence-corrected chi connectivity index (χ4v) is 2.54. The van der Waals surface area contributed by atoms with Crippen LogP contribution in [0.1, 0.15) is 25.3 Å². The molecular weight excluding hydrogens is 375 g/mol. The fraction of sp³-hybridized carbons (Fsp3) is 0.250. The Bertz CT molecular complexity index is 983. The highest BCUT2D eigenvalue weighted by Crippen LogP contribution is 2.19. The van der Waals surface area contributed by atoms with Gasteiger partial charge >= 0.3 is 0 Å². The minimum Gasteiger partial charge on any atom is -0.345 e. The lowest BCUT2D eigenvalue weighted by atomic mass is 10.0. The summed E-state index contributed by atoms with van der Waals surface area (Å²) in [5.74, 6) is -0.411. The molecule has 1 aromatic heterocycles. The smallest absolute Gasteiger partial charge is 0.244 e. The number of tetrazole rings is 1. The van der Waals surface area contributed by atoms with Crippen LogP contribution in [0.2, 0.25) is 0 Å². The van der Waals surface area contributed by atoms with Crippen LogP contribution in [0.3, 0.4) is 0 Å². The van der Waals surface area contributed by atoms with Crippen LogP contribution in [-0.2, 0) is 16.1 Å². The van der Waals surface area contributed by atoms with Crippen LogP contribution in [0, 0.1) is 5.82 Å². The average Bonchev–Trinajstić information content (AvgIpc) is 3.16. The largest absolute Gasteiger partial charge is 0.345 e. The predicted octanol–water partition coefficient (Wildman–Crippen LogP) is 2.36. The number of amides is 2. The van der Waals surface area contributed by atoms with Crippen LogP contribution in [0.15, 0.2) is 48.5 Å². The number of nitrogens with zero attached hydrogens (tertiary/aromatic N) is 4. The van der Waals surface area contributed by atoms with Crippen molar-refractivity contribution in [1.29, 1.82) is 0 Å². The Morgan fingerprint density at radius 1 is 1.03 bits per heavy atom. The van der Waals surface area contributed by atoms with Gasteiger partial charge in [0.2, 0.25) is 17.6 Å². The van der Waals surface area contributed by atoms with Crippen molar-refractivity contribution in [1.82, 2.24) is 25.5 Å². The van der Waals surface area contributed by atoms with Gasteiger partial charge in [0.25, 0.3) is 0 Å². The zero-order valence-corrected chi connectivity index (χ0v) is 16.1. The molecule has 0 aliphatic heterocycles. The lowest BCUT2D eigenvalue weighted by Crippen LogP contribution is -2.35. The molecule has 9 heteroatoms. The Morgan fingerprint density at radius 2 is 1.72 bits per heavy atom. The van der Waals surface area contributed by atoms with E-state index in [0.29, 0.717) is 17.4 Å². The van der Waals surface area contributed by atoms with E-state index in [9.17, 15) is 14.0 Å². The molecule has 0 fully saturated rings. The van der Waals surface area contributed by atoms with Crippen molar-refractivity contribution in [3.05, 3.63) is 59.9 Å². The number of rotatable bonds is 7. The van der Waals surface area contributed by atoms with Gasteiger partial charge in [-0.15, -0.1) is 10.2 Å². The molecule has 0 unspecified atom stereocenters. The molecule has 3 rings (SSSR count). The van der Waals surface area contributed by atoms with E-state index in [1.54, 1.807) is 0 Å². The molecule has 1 heterocycles. The van der Waals surface area contributed by atoms with E-state index in [2.05, 4.69) is 39.9 Å². The van der Waals surface area contributed by atoms with Crippen LogP contribution in [0.5, 0.6) is 0 Å². The Labute approximate surface area is 167 Å². The van der Waals surface area contributed by atoms with Gasteiger partial charge in [-0.05, 0) is 41.0 Å². The predicted molar refractivity (Wildman–Crippen MR) is 105 cm³/mol. The number of hydrogen-bond acceptors (Lipinski definition) is 5. The van der Waals surface area contributed by atoms with Gasteiger partial charge in [-0.3, -0.25) is 9.59 Å². The van der Waals surface area contributed by atoms with E-state index in [1.807, 2.05) is 24.3 Å². The molecule has 2 N–H and O–H groups in total. The summed E-state index contributed by atoms with van der Waals surface area (Å²) in [7, 11) is 0. The number of benzene rings is 2. The molecule has 0 saturated heterocycles. The fourth-order valence-electron chi connectivity index (χ4n) is 2.54. The first-order valence-corrected chi connectivity index (χ1v) is 9.11. The Kier molecular flexibility index (Phi) is 6.28. The third kappa shape index (κ3) is 5.68. The van der Waals surface area contributed by atoms with Crippen molar-refractivity contribution >= 4 is 17.5 Å². The molecule has 0 aliphatic carbocycles. The first-order valence-electron chi connectivity index (χ1n) is 9.11. The Morgan fingerprint density at radius 3 is 2.38 bits per heavy atom. The van der Waals surface area contributed by atoms with Crippen molar-refractivity contribution in [2.45, 2.75) is 26.3 Å². The number of aromatic nitrogens is 4. The number of carbonyl (C=O) groups excluding carboxylic acids is 2. The van der Waals surface area contributed by atoms with Gasteiger partial charge in [0.05, 0.1) is 6.54 Å². The molecule has 3 aromatic rings. The van der Waals surface area contributed by atoms with Crippen LogP contribution < -0.4 is 10.6 Å². The summed E-state index contributed by atoms with van der Waals surface area (Å²) >= 11 is 0. The van der Waals surface area contributed by atoms with Crippen molar-refractivity contribution in [2.75, 3.05) is 11.9 Å². The molecule has 0 spiro atoms. The summed E-state index contributed by atoms with van der Waals surface area (Å²) in [4.78, 5) is 25.0. The third-order valence-electron chi connectivity index (χ3n) is 4.15. The minimum atomic E-state index is -0.432. The SMILES string of the molecule is CC(C)c1ccc(-c2nnn(CC(=O)NCC(=O)Nc3ccc(F)cc3)n2)cc1. The van der Waals surface area contributed by atoms with Gasteiger partial charge < -0.3 is 10.6 Å². The maximum absolute atomic E-state index is 12.9. The maximum atomic E-state index is 12.9. The van der Waals surface area contributed by atoms with Crippen molar-refractivity contribution in [3.63, 3.8) is 0 Å². The van der Waals surface area contributed by atoms with E-state index in [4.69, 9.17) is 0 Å². The number of carbonyl (C=O) groups is 2. The van der Waals surface area contributed by atoms with Gasteiger partial charge in [0.1, 0.15) is 12.4 Å². The van der Waals surface area contributed by atoms with E-state index < -0.39 is 17.6 Å². The molecule has 2 amide bonds. The standard InChI is InChI=1S/C20H21FN6O2/c1-13(2)14-3-5-15(6-4-14)20-24-26-27(25-20)12-19(29)22-11-18(28)23-17-9-7-16(21)8-10-17/h3-10,13H,11-12H2,1-2H3,(H,22,29)(H,23,28). The molecule has 150 valence electrons. The Hall–Kier alpha value is -3.62. The summed E-state index contributed by atoms with van der Waals surface area (Å²) in [6.07, 6.45) is 0. The number of nitrogens with one attached hydrogen (secondary N) is 2. The molecular formula is C20H21FN6O2. The first-order chi connectivity index (χ1) is 13.9. The van der Waals surface area contributed by atoms with Crippen molar-refractivity contribution < 1.29 is 14.0 Å². The van der Waals surface area contributed by atoms with E-state index in [-0.39, 0.29) is 13.1 Å². The van der Waals surface area contributed by atoms with E-state index in [1.165, 1.54) is 34.6 Å². The molecule has 29 heavy (non-hydrogen) atoms. The molecule has 2 aromatic carbocycles. The maximum Gasteiger partial charge on any atom is 0.244 e. The number of hydrogen-bond donors (Lipinski definition) is 2. The molecule has 0 aliphatic rings. The third-order valence-corrected chi connectivity index (χ3v) is 4.15. The van der Waals surface area contributed by atoms with Crippen LogP contribution >= 0.6 is 0 Å². The molecule has 0 bridgehead atoms. The number of anilines is 1. The molecule has 8 nitrogen and oxygen atoms in total. The summed E-state index contributed by atoms with van der Waals surface area (Å²) in [5.41, 5.74) is 2.45. The summed E-state index contributed by atoms with van der Waals surface area (Å²) in [5, 5.41) is 17.1. The second kappa shape index (κ2) is 9.05. The summed E-state index contributed by atoms with van der Waals surface area (Å²) in [6, 6.07) is 13.2. The lowest BCUT2D eigenvalue weighted by Gasteiger charge is -2.06. The van der Waals surface area contributed by atoms with Crippen LogP contribution in [0.25, 0.3) is 11.4 Å². The van der Waals surface area contributed by atoms with E-state index in [0.717, 1.165) is 5.56 Å². The van der Waals surface area contributed by atoms with E-state index >= 15 is 0 Å².